The maximum Gasteiger partial charge on any atom is 0.0543 e. The third kappa shape index (κ3) is 4.26. The molecule has 0 unspecified atom stereocenters. The fourth-order valence-electron chi connectivity index (χ4n) is 6.64. The minimum atomic E-state index is -0.0635. The van der Waals surface area contributed by atoms with Crippen molar-refractivity contribution in [2.75, 3.05) is 4.90 Å². The standard InChI is InChI=1S/C40H33N/c1-28-18-27-37(38-35-16-10-11-17-36(35)40(2,3)39(28)38)41(33-23-19-31(20-24-33)29-12-6-4-7-13-29)34-25-21-32(22-26-34)30-14-8-5-9-15-30/h4-27H,1-3H3. The predicted molar refractivity (Wildman–Crippen MR) is 174 cm³/mol. The third-order valence-corrected chi connectivity index (χ3v) is 8.59. The molecule has 198 valence electrons. The number of benzene rings is 6. The maximum absolute atomic E-state index is 2.43. The zero-order valence-corrected chi connectivity index (χ0v) is 23.8. The molecule has 0 amide bonds. The molecule has 1 heteroatoms. The molecule has 0 radical (unpaired) electrons. The van der Waals surface area contributed by atoms with Gasteiger partial charge in [0.15, 0.2) is 0 Å². The lowest BCUT2D eigenvalue weighted by Crippen LogP contribution is -2.17. The number of anilines is 3. The molecule has 41 heavy (non-hydrogen) atoms. The molecule has 1 aliphatic carbocycles. The average molecular weight is 528 g/mol. The molecule has 1 nitrogen and oxygen atoms in total. The first-order chi connectivity index (χ1) is 20.0. The second kappa shape index (κ2) is 9.94. The van der Waals surface area contributed by atoms with E-state index in [-0.39, 0.29) is 5.41 Å². The lowest BCUT2D eigenvalue weighted by molar-refractivity contribution is 0.655. The van der Waals surface area contributed by atoms with Gasteiger partial charge in [-0.05, 0) is 81.8 Å². The Labute approximate surface area is 243 Å². The first-order valence-corrected chi connectivity index (χ1v) is 14.4. The quantitative estimate of drug-likeness (QED) is 0.215. The Hall–Kier alpha value is -4.88. The second-order valence-corrected chi connectivity index (χ2v) is 11.5. The number of hydrogen-bond acceptors (Lipinski definition) is 1. The highest BCUT2D eigenvalue weighted by Gasteiger charge is 2.39. The van der Waals surface area contributed by atoms with Crippen LogP contribution in [-0.2, 0) is 5.41 Å². The highest BCUT2D eigenvalue weighted by atomic mass is 15.1. The molecule has 6 aromatic rings. The van der Waals surface area contributed by atoms with Gasteiger partial charge in [0, 0.05) is 22.4 Å². The van der Waals surface area contributed by atoms with Gasteiger partial charge in [0.1, 0.15) is 0 Å². The number of hydrogen-bond donors (Lipinski definition) is 0. The van der Waals surface area contributed by atoms with Gasteiger partial charge >= 0.3 is 0 Å². The molecule has 0 saturated carbocycles. The first kappa shape index (κ1) is 25.1. The summed E-state index contributed by atoms with van der Waals surface area (Å²) in [5.41, 5.74) is 15.1. The Morgan fingerprint density at radius 3 is 1.46 bits per heavy atom. The van der Waals surface area contributed by atoms with Gasteiger partial charge in [0.05, 0.1) is 5.69 Å². The van der Waals surface area contributed by atoms with Gasteiger partial charge in [0.2, 0.25) is 0 Å². The van der Waals surface area contributed by atoms with Gasteiger partial charge in [-0.25, -0.2) is 0 Å². The average Bonchev–Trinajstić information content (AvgIpc) is 3.27. The molecule has 0 saturated heterocycles. The lowest BCUT2D eigenvalue weighted by atomic mass is 9.80. The number of nitrogens with zero attached hydrogens (tertiary/aromatic N) is 1. The molecule has 0 atom stereocenters. The van der Waals surface area contributed by atoms with E-state index in [0.29, 0.717) is 0 Å². The van der Waals surface area contributed by atoms with Crippen molar-refractivity contribution in [2.24, 2.45) is 0 Å². The highest BCUT2D eigenvalue weighted by Crippen LogP contribution is 2.55. The van der Waals surface area contributed by atoms with Crippen LogP contribution in [0.1, 0.15) is 30.5 Å². The predicted octanol–water partition coefficient (Wildman–Crippen LogP) is 11.1. The second-order valence-electron chi connectivity index (χ2n) is 11.5. The van der Waals surface area contributed by atoms with Crippen LogP contribution in [0.15, 0.2) is 146 Å². The minimum Gasteiger partial charge on any atom is -0.310 e. The maximum atomic E-state index is 2.43. The molecular formula is C40H33N. The normalized spacial score (nSPS) is 13.0. The molecule has 0 fully saturated rings. The van der Waals surface area contributed by atoms with Crippen molar-refractivity contribution in [2.45, 2.75) is 26.2 Å². The lowest BCUT2D eigenvalue weighted by Gasteiger charge is -2.30. The fraction of sp³-hybridized carbons (Fsp3) is 0.100. The zero-order valence-electron chi connectivity index (χ0n) is 23.8. The van der Waals surface area contributed by atoms with Crippen LogP contribution in [-0.4, -0.2) is 0 Å². The number of fused-ring (bicyclic) bond motifs is 3. The Morgan fingerprint density at radius 1 is 0.463 bits per heavy atom. The van der Waals surface area contributed by atoms with E-state index in [1.165, 1.54) is 55.8 Å². The van der Waals surface area contributed by atoms with Crippen LogP contribution in [0.25, 0.3) is 33.4 Å². The SMILES string of the molecule is Cc1ccc(N(c2ccc(-c3ccccc3)cc2)c2ccc(-c3ccccc3)cc2)c2c1C(C)(C)c1ccccc1-2. The van der Waals surface area contributed by atoms with Crippen LogP contribution in [0.5, 0.6) is 0 Å². The first-order valence-electron chi connectivity index (χ1n) is 14.4. The van der Waals surface area contributed by atoms with Gasteiger partial charge in [-0.3, -0.25) is 0 Å². The highest BCUT2D eigenvalue weighted by molar-refractivity contribution is 5.96. The van der Waals surface area contributed by atoms with E-state index in [1.807, 2.05) is 0 Å². The van der Waals surface area contributed by atoms with Crippen LogP contribution in [0.2, 0.25) is 0 Å². The van der Waals surface area contributed by atoms with Crippen LogP contribution in [0, 0.1) is 6.92 Å². The summed E-state index contributed by atoms with van der Waals surface area (Å²) in [6, 6.07) is 52.7. The number of rotatable bonds is 5. The third-order valence-electron chi connectivity index (χ3n) is 8.59. The Balaban J connectivity index is 1.42. The van der Waals surface area contributed by atoms with Crippen molar-refractivity contribution in [1.29, 1.82) is 0 Å². The Bertz CT molecular complexity index is 1750. The summed E-state index contributed by atoms with van der Waals surface area (Å²) in [7, 11) is 0. The van der Waals surface area contributed by atoms with Gasteiger partial charge in [0.25, 0.3) is 0 Å². The molecule has 0 aliphatic heterocycles. The Kier molecular flexibility index (Phi) is 6.09. The van der Waals surface area contributed by atoms with Gasteiger partial charge in [-0.1, -0.05) is 129 Å². The van der Waals surface area contributed by atoms with Gasteiger partial charge in [-0.2, -0.15) is 0 Å². The van der Waals surface area contributed by atoms with Crippen molar-refractivity contribution < 1.29 is 0 Å². The van der Waals surface area contributed by atoms with Gasteiger partial charge < -0.3 is 4.90 Å². The molecular weight excluding hydrogens is 494 g/mol. The van der Waals surface area contributed by atoms with Crippen molar-refractivity contribution in [3.63, 3.8) is 0 Å². The van der Waals surface area contributed by atoms with Crippen molar-refractivity contribution in [3.05, 3.63) is 162 Å². The van der Waals surface area contributed by atoms with E-state index < -0.39 is 0 Å². The topological polar surface area (TPSA) is 3.24 Å². The smallest absolute Gasteiger partial charge is 0.0543 e. The molecule has 0 bridgehead atoms. The zero-order chi connectivity index (χ0) is 28.0. The summed E-state index contributed by atoms with van der Waals surface area (Å²) in [6.45, 7) is 6.98. The van der Waals surface area contributed by atoms with E-state index in [0.717, 1.165) is 11.4 Å². The summed E-state index contributed by atoms with van der Waals surface area (Å²) in [5, 5.41) is 0. The summed E-state index contributed by atoms with van der Waals surface area (Å²) in [5.74, 6) is 0. The summed E-state index contributed by atoms with van der Waals surface area (Å²) in [6.07, 6.45) is 0. The number of aryl methyl sites for hydroxylation is 1. The van der Waals surface area contributed by atoms with Crippen molar-refractivity contribution >= 4 is 17.1 Å². The van der Waals surface area contributed by atoms with Crippen molar-refractivity contribution in [3.8, 4) is 33.4 Å². The van der Waals surface area contributed by atoms with Crippen molar-refractivity contribution in [1.82, 2.24) is 0 Å². The van der Waals surface area contributed by atoms with Crippen LogP contribution >= 0.6 is 0 Å². The molecule has 0 heterocycles. The van der Waals surface area contributed by atoms with E-state index >= 15 is 0 Å². The van der Waals surface area contributed by atoms with Crippen LogP contribution in [0.3, 0.4) is 0 Å². The summed E-state index contributed by atoms with van der Waals surface area (Å²) < 4.78 is 0. The van der Waals surface area contributed by atoms with E-state index in [1.54, 1.807) is 0 Å². The summed E-state index contributed by atoms with van der Waals surface area (Å²) >= 11 is 0. The molecule has 7 rings (SSSR count). The van der Waals surface area contributed by atoms with Crippen LogP contribution < -0.4 is 4.90 Å². The van der Waals surface area contributed by atoms with Crippen LogP contribution in [0.4, 0.5) is 17.1 Å². The minimum absolute atomic E-state index is 0.0635. The van der Waals surface area contributed by atoms with Gasteiger partial charge in [-0.15, -0.1) is 0 Å². The molecule has 0 aromatic heterocycles. The molecule has 1 aliphatic rings. The monoisotopic (exact) mass is 527 g/mol. The van der Waals surface area contributed by atoms with E-state index in [2.05, 4.69) is 171 Å². The Morgan fingerprint density at radius 2 is 0.927 bits per heavy atom. The fourth-order valence-corrected chi connectivity index (χ4v) is 6.64. The van der Waals surface area contributed by atoms with E-state index in [4.69, 9.17) is 0 Å². The molecule has 6 aromatic carbocycles. The largest absolute Gasteiger partial charge is 0.310 e. The molecule has 0 N–H and O–H groups in total. The summed E-state index contributed by atoms with van der Waals surface area (Å²) in [4.78, 5) is 2.43. The van der Waals surface area contributed by atoms with E-state index in [9.17, 15) is 0 Å². The molecule has 0 spiro atoms.